The Morgan fingerprint density at radius 1 is 1.03 bits per heavy atom. The molecular weight excluding hydrogens is 504 g/mol. The summed E-state index contributed by atoms with van der Waals surface area (Å²) in [6.45, 7) is 7.65. The molecule has 0 spiro atoms. The van der Waals surface area contributed by atoms with Gasteiger partial charge in [-0.25, -0.2) is 8.42 Å². The summed E-state index contributed by atoms with van der Waals surface area (Å²) in [6.07, 6.45) is 2.27. The molecule has 38 heavy (non-hydrogen) atoms. The van der Waals surface area contributed by atoms with Crippen LogP contribution in [0.5, 0.6) is 5.75 Å². The number of ether oxygens (including phenoxy) is 2. The number of methoxy groups -OCH3 is 1. The number of sulfonamides is 1. The average Bonchev–Trinajstić information content (AvgIpc) is 2.86. The van der Waals surface area contributed by atoms with E-state index in [4.69, 9.17) is 9.47 Å². The molecule has 9 nitrogen and oxygen atoms in total. The molecule has 1 aliphatic heterocycles. The quantitative estimate of drug-likeness (QED) is 0.432. The highest BCUT2D eigenvalue weighted by Crippen LogP contribution is 2.28. The number of carbonyl (C=O) groups excluding carboxylic acids is 1. The van der Waals surface area contributed by atoms with E-state index in [-0.39, 0.29) is 30.6 Å². The van der Waals surface area contributed by atoms with E-state index in [1.165, 1.54) is 17.0 Å². The van der Waals surface area contributed by atoms with Gasteiger partial charge in [-0.1, -0.05) is 0 Å². The van der Waals surface area contributed by atoms with E-state index < -0.39 is 10.0 Å². The van der Waals surface area contributed by atoms with Crippen LogP contribution in [0, 0.1) is 20.8 Å². The van der Waals surface area contributed by atoms with Crippen LogP contribution in [0.2, 0.25) is 0 Å². The summed E-state index contributed by atoms with van der Waals surface area (Å²) >= 11 is 0. The summed E-state index contributed by atoms with van der Waals surface area (Å²) < 4.78 is 38.2. The molecule has 1 fully saturated rings. The number of carbonyl (C=O) groups is 1. The summed E-state index contributed by atoms with van der Waals surface area (Å²) in [4.78, 5) is 17.4. The smallest absolute Gasteiger partial charge is 0.250 e. The molecule has 1 N–H and O–H groups in total. The van der Waals surface area contributed by atoms with Crippen molar-refractivity contribution in [3.05, 3.63) is 47.0 Å². The minimum atomic E-state index is -3.71. The maximum absolute atomic E-state index is 13.1. The van der Waals surface area contributed by atoms with Gasteiger partial charge in [-0.15, -0.1) is 0 Å². The Balaban J connectivity index is 1.48. The molecule has 2 aromatic carbocycles. The van der Waals surface area contributed by atoms with Gasteiger partial charge < -0.3 is 24.6 Å². The number of nitrogens with one attached hydrogen (secondary N) is 1. The van der Waals surface area contributed by atoms with E-state index in [2.05, 4.69) is 42.2 Å². The number of hydrogen-bond acceptors (Lipinski definition) is 7. The van der Waals surface area contributed by atoms with Crippen molar-refractivity contribution in [2.75, 3.05) is 71.3 Å². The zero-order valence-corrected chi connectivity index (χ0v) is 24.5. The minimum Gasteiger partial charge on any atom is -0.497 e. The predicted molar refractivity (Wildman–Crippen MR) is 152 cm³/mol. The van der Waals surface area contributed by atoms with E-state index in [1.54, 1.807) is 33.1 Å². The molecule has 0 saturated carbocycles. The molecule has 0 bridgehead atoms. The summed E-state index contributed by atoms with van der Waals surface area (Å²) in [5.41, 5.74) is 4.26. The van der Waals surface area contributed by atoms with Crippen LogP contribution in [0.1, 0.15) is 29.5 Å². The van der Waals surface area contributed by atoms with Crippen molar-refractivity contribution in [2.45, 2.75) is 44.6 Å². The van der Waals surface area contributed by atoms with E-state index >= 15 is 0 Å². The van der Waals surface area contributed by atoms with Crippen molar-refractivity contribution in [2.24, 2.45) is 0 Å². The number of nitrogens with zero attached hydrogens (tertiary/aromatic N) is 3. The molecule has 1 aliphatic rings. The molecule has 0 aromatic heterocycles. The van der Waals surface area contributed by atoms with Crippen LogP contribution >= 0.6 is 0 Å². The Bertz CT molecular complexity index is 1200. The second-order valence-corrected chi connectivity index (χ2v) is 12.2. The first-order valence-corrected chi connectivity index (χ1v) is 14.4. The van der Waals surface area contributed by atoms with E-state index in [0.717, 1.165) is 31.5 Å². The molecule has 0 unspecified atom stereocenters. The fourth-order valence-corrected chi connectivity index (χ4v) is 6.54. The van der Waals surface area contributed by atoms with Gasteiger partial charge in [0.2, 0.25) is 15.9 Å². The minimum absolute atomic E-state index is 0.0955. The van der Waals surface area contributed by atoms with E-state index in [1.807, 2.05) is 12.1 Å². The van der Waals surface area contributed by atoms with Crippen LogP contribution in [-0.2, 0) is 19.6 Å². The lowest BCUT2D eigenvalue weighted by Gasteiger charge is -2.37. The molecular formula is C28H42N4O5S. The first-order valence-electron chi connectivity index (χ1n) is 12.9. The van der Waals surface area contributed by atoms with Crippen molar-refractivity contribution in [3.8, 4) is 5.75 Å². The van der Waals surface area contributed by atoms with Crippen LogP contribution in [0.3, 0.4) is 0 Å². The molecule has 0 atom stereocenters. The number of likely N-dealkylation sites (N-methyl/N-ethyl adjacent to an activating group) is 1. The first-order chi connectivity index (χ1) is 17.9. The zero-order valence-electron chi connectivity index (χ0n) is 23.7. The average molecular weight is 547 g/mol. The van der Waals surface area contributed by atoms with Gasteiger partial charge in [0.1, 0.15) is 12.4 Å². The number of rotatable bonds is 11. The summed E-state index contributed by atoms with van der Waals surface area (Å²) in [5, 5.41) is 2.87. The number of aryl methyl sites for hydroxylation is 3. The maximum Gasteiger partial charge on any atom is 0.250 e. The molecule has 3 rings (SSSR count). The van der Waals surface area contributed by atoms with Gasteiger partial charge in [-0.05, 0) is 94.7 Å². The van der Waals surface area contributed by atoms with Gasteiger partial charge in [-0.2, -0.15) is 4.31 Å². The standard InChI is InChI=1S/C28H42N4O5S/c1-20-16-23(8-9-26(20)32-12-10-24(11-13-32)30(4)5)29-27(33)19-37-15-14-31(6)38(34,35)28-21(2)17-25(36-7)18-22(28)3/h8-9,16-18,24H,10-15,19H2,1-7H3,(H,29,33). The molecule has 1 amide bonds. The van der Waals surface area contributed by atoms with Crippen molar-refractivity contribution < 1.29 is 22.7 Å². The topological polar surface area (TPSA) is 91.4 Å². The number of hydrogen-bond donors (Lipinski definition) is 1. The van der Waals surface area contributed by atoms with Crippen molar-refractivity contribution in [1.82, 2.24) is 9.21 Å². The highest BCUT2D eigenvalue weighted by molar-refractivity contribution is 7.89. The molecule has 1 heterocycles. The third-order valence-electron chi connectivity index (χ3n) is 7.14. The van der Waals surface area contributed by atoms with Gasteiger partial charge in [0.15, 0.2) is 0 Å². The van der Waals surface area contributed by atoms with Crippen LogP contribution in [0.25, 0.3) is 0 Å². The highest BCUT2D eigenvalue weighted by Gasteiger charge is 2.25. The molecule has 2 aromatic rings. The second kappa shape index (κ2) is 12.9. The first kappa shape index (κ1) is 29.9. The Morgan fingerprint density at radius 2 is 1.66 bits per heavy atom. The highest BCUT2D eigenvalue weighted by atomic mass is 32.2. The SMILES string of the molecule is COc1cc(C)c(S(=O)(=O)N(C)CCOCC(=O)Nc2ccc(N3CCC(N(C)C)CC3)c(C)c2)c(C)c1. The van der Waals surface area contributed by atoms with Crippen LogP contribution in [-0.4, -0.2) is 90.7 Å². The lowest BCUT2D eigenvalue weighted by atomic mass is 10.0. The lowest BCUT2D eigenvalue weighted by molar-refractivity contribution is -0.120. The molecule has 0 aliphatic carbocycles. The fourth-order valence-electron chi connectivity index (χ4n) is 4.98. The molecule has 10 heteroatoms. The molecule has 1 saturated heterocycles. The number of anilines is 2. The number of benzene rings is 2. The van der Waals surface area contributed by atoms with Crippen molar-refractivity contribution in [1.29, 1.82) is 0 Å². The number of piperidine rings is 1. The van der Waals surface area contributed by atoms with Crippen molar-refractivity contribution >= 4 is 27.3 Å². The van der Waals surface area contributed by atoms with E-state index in [0.29, 0.717) is 28.6 Å². The Hall–Kier alpha value is -2.66. The van der Waals surface area contributed by atoms with Crippen LogP contribution < -0.4 is 15.0 Å². The van der Waals surface area contributed by atoms with Crippen molar-refractivity contribution in [3.63, 3.8) is 0 Å². The summed E-state index contributed by atoms with van der Waals surface area (Å²) in [6, 6.07) is 9.99. The Kier molecular flexibility index (Phi) is 10.2. The lowest BCUT2D eigenvalue weighted by Crippen LogP contribution is -2.42. The van der Waals surface area contributed by atoms with Gasteiger partial charge in [-0.3, -0.25) is 4.79 Å². The van der Waals surface area contributed by atoms with Gasteiger partial charge in [0.05, 0.1) is 18.6 Å². The fraction of sp³-hybridized carbons (Fsp3) is 0.536. The zero-order chi connectivity index (χ0) is 28.0. The normalized spacial score (nSPS) is 14.8. The van der Waals surface area contributed by atoms with Gasteiger partial charge >= 0.3 is 0 Å². The third-order valence-corrected chi connectivity index (χ3v) is 9.30. The Labute approximate surface area is 227 Å². The van der Waals surface area contributed by atoms with Gasteiger partial charge in [0, 0.05) is 44.1 Å². The predicted octanol–water partition coefficient (Wildman–Crippen LogP) is 3.43. The maximum atomic E-state index is 13.1. The summed E-state index contributed by atoms with van der Waals surface area (Å²) in [5.74, 6) is 0.335. The van der Waals surface area contributed by atoms with Crippen LogP contribution in [0.4, 0.5) is 11.4 Å². The molecule has 0 radical (unpaired) electrons. The Morgan fingerprint density at radius 3 is 2.21 bits per heavy atom. The monoisotopic (exact) mass is 546 g/mol. The summed E-state index contributed by atoms with van der Waals surface area (Å²) in [7, 11) is 3.62. The second-order valence-electron chi connectivity index (χ2n) is 10.2. The van der Waals surface area contributed by atoms with Crippen LogP contribution in [0.15, 0.2) is 35.2 Å². The number of amides is 1. The largest absolute Gasteiger partial charge is 0.497 e. The van der Waals surface area contributed by atoms with E-state index in [9.17, 15) is 13.2 Å². The molecule has 210 valence electrons. The van der Waals surface area contributed by atoms with Gasteiger partial charge in [0.25, 0.3) is 0 Å². The third kappa shape index (κ3) is 7.25.